The number of aliphatic hydroxyl groups excluding tert-OH is 1. The van der Waals surface area contributed by atoms with Crippen LogP contribution in [-0.4, -0.2) is 35.0 Å². The van der Waals surface area contributed by atoms with Crippen molar-refractivity contribution in [3.63, 3.8) is 0 Å². The van der Waals surface area contributed by atoms with Gasteiger partial charge in [0.25, 0.3) is 0 Å². The van der Waals surface area contributed by atoms with Crippen LogP contribution in [0.1, 0.15) is 47.9 Å². The molecule has 0 unspecified atom stereocenters. The number of allylic oxidation sites excluding steroid dienone is 1. The van der Waals surface area contributed by atoms with Crippen LogP contribution in [0.5, 0.6) is 0 Å². The Morgan fingerprint density at radius 1 is 1.10 bits per heavy atom. The Balaban J connectivity index is 1.38. The van der Waals surface area contributed by atoms with Gasteiger partial charge in [-0.15, -0.1) is 0 Å². The average molecular weight is 388 g/mol. The zero-order chi connectivity index (χ0) is 20.1. The summed E-state index contributed by atoms with van der Waals surface area (Å²) in [5.74, 6) is -0.270. The normalized spacial score (nSPS) is 16.1. The van der Waals surface area contributed by atoms with Crippen molar-refractivity contribution in [2.75, 3.05) is 13.2 Å². The monoisotopic (exact) mass is 387 g/mol. The van der Waals surface area contributed by atoms with Gasteiger partial charge in [-0.05, 0) is 59.6 Å². The minimum Gasteiger partial charge on any atom is -0.388 e. The Kier molecular flexibility index (Phi) is 6.38. The Morgan fingerprint density at radius 3 is 2.62 bits per heavy atom. The van der Waals surface area contributed by atoms with Crippen molar-refractivity contribution in [1.29, 1.82) is 0 Å². The second kappa shape index (κ2) is 9.34. The average Bonchev–Trinajstić information content (AvgIpc) is 3.13. The highest BCUT2D eigenvalue weighted by Gasteiger charge is 2.25. The third-order valence-corrected chi connectivity index (χ3v) is 6.17. The molecule has 0 saturated heterocycles. The van der Waals surface area contributed by atoms with E-state index in [-0.39, 0.29) is 5.78 Å². The first kappa shape index (κ1) is 19.8. The molecular formula is C26H29NO2. The van der Waals surface area contributed by atoms with Crippen LogP contribution < -0.4 is 0 Å². The topological polar surface area (TPSA) is 40.5 Å². The van der Waals surface area contributed by atoms with Gasteiger partial charge in [-0.3, -0.25) is 9.69 Å². The predicted octanol–water partition coefficient (Wildman–Crippen LogP) is 4.65. The highest BCUT2D eigenvalue weighted by molar-refractivity contribution is 5.94. The minimum absolute atomic E-state index is 0.270. The van der Waals surface area contributed by atoms with E-state index in [1.807, 2.05) is 12.1 Å². The van der Waals surface area contributed by atoms with Gasteiger partial charge >= 0.3 is 0 Å². The van der Waals surface area contributed by atoms with Crippen LogP contribution in [0.15, 0.2) is 60.7 Å². The first-order valence-corrected chi connectivity index (χ1v) is 10.6. The van der Waals surface area contributed by atoms with Crippen LogP contribution in [-0.2, 0) is 17.8 Å². The fourth-order valence-corrected chi connectivity index (χ4v) is 4.21. The smallest absolute Gasteiger partial charge is 0.181 e. The van der Waals surface area contributed by atoms with Crippen molar-refractivity contribution in [1.82, 2.24) is 4.90 Å². The molecule has 4 rings (SSSR count). The Bertz CT molecular complexity index is 907. The minimum atomic E-state index is -0.439. The van der Waals surface area contributed by atoms with Crippen molar-refractivity contribution in [3.8, 4) is 0 Å². The van der Waals surface area contributed by atoms with Crippen molar-refractivity contribution < 1.29 is 9.90 Å². The lowest BCUT2D eigenvalue weighted by Gasteiger charge is -2.38. The van der Waals surface area contributed by atoms with Gasteiger partial charge in [-0.1, -0.05) is 67.1 Å². The molecule has 1 fully saturated rings. The molecule has 3 nitrogen and oxygen atoms in total. The van der Waals surface area contributed by atoms with Gasteiger partial charge in [0.2, 0.25) is 0 Å². The standard InChI is InChI=1S/C26H29NO2/c28-19-25(29)15-12-20-8-10-21(11-9-20)18-27(24-5-3-6-24)17-16-23-14-13-22-4-1-2-7-26(22)23/h1-2,4,7-12,14-15,24,28H,3,5-6,13,16-19H2/b15-12+. The van der Waals surface area contributed by atoms with Gasteiger partial charge in [-0.2, -0.15) is 0 Å². The highest BCUT2D eigenvalue weighted by Crippen LogP contribution is 2.32. The number of aliphatic hydroxyl groups is 1. The third-order valence-electron chi connectivity index (χ3n) is 6.17. The lowest BCUT2D eigenvalue weighted by molar-refractivity contribution is -0.117. The molecular weight excluding hydrogens is 358 g/mol. The Hall–Kier alpha value is -2.49. The number of ketones is 1. The fraction of sp³-hybridized carbons (Fsp3) is 0.346. The van der Waals surface area contributed by atoms with E-state index < -0.39 is 6.61 Å². The van der Waals surface area contributed by atoms with Crippen molar-refractivity contribution >= 4 is 17.4 Å². The molecule has 3 heteroatoms. The molecule has 150 valence electrons. The number of hydrogen-bond acceptors (Lipinski definition) is 3. The molecule has 1 saturated carbocycles. The van der Waals surface area contributed by atoms with Gasteiger partial charge < -0.3 is 5.11 Å². The van der Waals surface area contributed by atoms with Crippen LogP contribution in [0.25, 0.3) is 11.6 Å². The quantitative estimate of drug-likeness (QED) is 0.637. The van der Waals surface area contributed by atoms with Crippen molar-refractivity contribution in [2.45, 2.75) is 44.7 Å². The molecule has 0 heterocycles. The summed E-state index contributed by atoms with van der Waals surface area (Å²) in [6, 6.07) is 17.9. The summed E-state index contributed by atoms with van der Waals surface area (Å²) in [4.78, 5) is 13.9. The van der Waals surface area contributed by atoms with E-state index in [1.165, 1.54) is 47.6 Å². The van der Waals surface area contributed by atoms with Gasteiger partial charge in [0.15, 0.2) is 5.78 Å². The van der Waals surface area contributed by atoms with E-state index in [9.17, 15) is 4.79 Å². The molecule has 0 aromatic heterocycles. The maximum atomic E-state index is 11.2. The molecule has 29 heavy (non-hydrogen) atoms. The lowest BCUT2D eigenvalue weighted by Crippen LogP contribution is -2.40. The highest BCUT2D eigenvalue weighted by atomic mass is 16.3. The van der Waals surface area contributed by atoms with Gasteiger partial charge in [-0.25, -0.2) is 0 Å². The van der Waals surface area contributed by atoms with Crippen LogP contribution in [0.2, 0.25) is 0 Å². The fourth-order valence-electron chi connectivity index (χ4n) is 4.21. The number of carbonyl (C=O) groups is 1. The van der Waals surface area contributed by atoms with Crippen LogP contribution in [0.4, 0.5) is 0 Å². The van der Waals surface area contributed by atoms with E-state index in [2.05, 4.69) is 47.4 Å². The SMILES string of the molecule is O=C(/C=C/c1ccc(CN(CCC2=CCc3ccccc32)C2CCC2)cc1)CO. The van der Waals surface area contributed by atoms with E-state index in [1.54, 1.807) is 6.08 Å². The number of rotatable bonds is 9. The summed E-state index contributed by atoms with van der Waals surface area (Å²) in [5, 5.41) is 8.81. The molecule has 0 amide bonds. The summed E-state index contributed by atoms with van der Waals surface area (Å²) in [7, 11) is 0. The molecule has 1 N–H and O–H groups in total. The van der Waals surface area contributed by atoms with E-state index in [4.69, 9.17) is 5.11 Å². The lowest BCUT2D eigenvalue weighted by atomic mass is 9.90. The molecule has 0 radical (unpaired) electrons. The molecule has 2 aliphatic carbocycles. The third kappa shape index (κ3) is 4.92. The largest absolute Gasteiger partial charge is 0.388 e. The zero-order valence-electron chi connectivity index (χ0n) is 16.9. The summed E-state index contributed by atoms with van der Waals surface area (Å²) >= 11 is 0. The maximum Gasteiger partial charge on any atom is 0.181 e. The number of benzene rings is 2. The molecule has 0 atom stereocenters. The summed E-state index contributed by atoms with van der Waals surface area (Å²) < 4.78 is 0. The van der Waals surface area contributed by atoms with Gasteiger partial charge in [0.05, 0.1) is 0 Å². The van der Waals surface area contributed by atoms with Crippen molar-refractivity contribution in [3.05, 3.63) is 82.9 Å². The summed E-state index contributed by atoms with van der Waals surface area (Å²) in [6.07, 6.45) is 11.7. The van der Waals surface area contributed by atoms with Crippen molar-refractivity contribution in [2.24, 2.45) is 0 Å². The summed E-state index contributed by atoms with van der Waals surface area (Å²) in [6.45, 7) is 1.63. The number of hydrogen-bond donors (Lipinski definition) is 1. The number of nitrogens with zero attached hydrogens (tertiary/aromatic N) is 1. The zero-order valence-corrected chi connectivity index (χ0v) is 16.9. The molecule has 0 spiro atoms. The van der Waals surface area contributed by atoms with Crippen LogP contribution in [0.3, 0.4) is 0 Å². The first-order chi connectivity index (χ1) is 14.2. The Labute approximate surface area is 173 Å². The van der Waals surface area contributed by atoms with E-state index in [0.717, 1.165) is 31.5 Å². The number of carbonyl (C=O) groups excluding carboxylic acids is 1. The molecule has 2 aromatic carbocycles. The first-order valence-electron chi connectivity index (χ1n) is 10.6. The number of fused-ring (bicyclic) bond motifs is 1. The Morgan fingerprint density at radius 2 is 1.90 bits per heavy atom. The molecule has 0 aliphatic heterocycles. The molecule has 2 aromatic rings. The van der Waals surface area contributed by atoms with Crippen LogP contribution >= 0.6 is 0 Å². The predicted molar refractivity (Wildman–Crippen MR) is 118 cm³/mol. The molecule has 0 bridgehead atoms. The van der Waals surface area contributed by atoms with Gasteiger partial charge in [0.1, 0.15) is 6.61 Å². The van der Waals surface area contributed by atoms with Gasteiger partial charge in [0, 0.05) is 19.1 Å². The van der Waals surface area contributed by atoms with Crippen LogP contribution in [0, 0.1) is 0 Å². The second-order valence-electron chi connectivity index (χ2n) is 8.10. The maximum absolute atomic E-state index is 11.2. The second-order valence-corrected chi connectivity index (χ2v) is 8.10. The summed E-state index contributed by atoms with van der Waals surface area (Å²) in [5.41, 5.74) is 6.69. The van der Waals surface area contributed by atoms with E-state index >= 15 is 0 Å². The molecule has 2 aliphatic rings. The van der Waals surface area contributed by atoms with E-state index in [0.29, 0.717) is 6.04 Å².